The molecule has 1 radical (unpaired) electrons. The maximum atomic E-state index is 5.72. The number of hydrogen-bond acceptors (Lipinski definition) is 1. The molecule has 0 aliphatic carbocycles. The topological polar surface area (TPSA) is 9.23 Å². The quantitative estimate of drug-likeness (QED) is 0.721. The summed E-state index contributed by atoms with van der Waals surface area (Å²) in [6, 6.07) is 18.8. The molecule has 0 amide bonds. The van der Waals surface area contributed by atoms with Gasteiger partial charge in [-0.25, -0.2) is 0 Å². The molecule has 0 spiro atoms. The van der Waals surface area contributed by atoms with Gasteiger partial charge in [0.15, 0.2) is 0 Å². The highest BCUT2D eigenvalue weighted by molar-refractivity contribution is 5.32. The SMILES string of the molecule is CCCCc1ccc(Oc2cc[c]cc2)cc1. The van der Waals surface area contributed by atoms with Crippen LogP contribution in [0.25, 0.3) is 0 Å². The van der Waals surface area contributed by atoms with Gasteiger partial charge in [-0.1, -0.05) is 37.6 Å². The van der Waals surface area contributed by atoms with Crippen molar-refractivity contribution in [2.75, 3.05) is 0 Å². The van der Waals surface area contributed by atoms with Gasteiger partial charge in [-0.05, 0) is 48.7 Å². The minimum atomic E-state index is 0.852. The van der Waals surface area contributed by atoms with Gasteiger partial charge in [0.25, 0.3) is 0 Å². The van der Waals surface area contributed by atoms with E-state index in [0.29, 0.717) is 0 Å². The highest BCUT2D eigenvalue weighted by Crippen LogP contribution is 2.21. The largest absolute Gasteiger partial charge is 0.457 e. The Morgan fingerprint density at radius 1 is 0.941 bits per heavy atom. The van der Waals surface area contributed by atoms with Crippen molar-refractivity contribution in [2.45, 2.75) is 26.2 Å². The summed E-state index contributed by atoms with van der Waals surface area (Å²) < 4.78 is 5.72. The maximum Gasteiger partial charge on any atom is 0.127 e. The fourth-order valence-electron chi connectivity index (χ4n) is 1.68. The molecule has 0 aliphatic heterocycles. The summed E-state index contributed by atoms with van der Waals surface area (Å²) >= 11 is 0. The first kappa shape index (κ1) is 11.7. The van der Waals surface area contributed by atoms with Crippen molar-refractivity contribution in [1.82, 2.24) is 0 Å². The van der Waals surface area contributed by atoms with E-state index in [-0.39, 0.29) is 0 Å². The number of aryl methyl sites for hydroxylation is 1. The monoisotopic (exact) mass is 225 g/mol. The fraction of sp³-hybridized carbons (Fsp3) is 0.250. The molecule has 0 heterocycles. The molecule has 0 saturated heterocycles. The van der Waals surface area contributed by atoms with Gasteiger partial charge in [0.2, 0.25) is 0 Å². The standard InChI is InChI=1S/C16H17O/c1-2-3-7-14-10-12-16(13-11-14)17-15-8-5-4-6-9-15/h5-6,8-13H,2-3,7H2,1H3. The smallest absolute Gasteiger partial charge is 0.127 e. The molecule has 1 heteroatoms. The van der Waals surface area contributed by atoms with Crippen LogP contribution in [-0.4, -0.2) is 0 Å². The molecule has 0 bridgehead atoms. The Morgan fingerprint density at radius 2 is 1.59 bits per heavy atom. The molecule has 87 valence electrons. The van der Waals surface area contributed by atoms with E-state index in [2.05, 4.69) is 25.1 Å². The van der Waals surface area contributed by atoms with Gasteiger partial charge in [0.05, 0.1) is 0 Å². The Labute approximate surface area is 103 Å². The van der Waals surface area contributed by atoms with Crippen molar-refractivity contribution in [3.05, 3.63) is 60.2 Å². The maximum absolute atomic E-state index is 5.72. The fourth-order valence-corrected chi connectivity index (χ4v) is 1.68. The number of rotatable bonds is 5. The second-order valence-corrected chi connectivity index (χ2v) is 4.09. The van der Waals surface area contributed by atoms with E-state index in [1.807, 2.05) is 36.4 Å². The van der Waals surface area contributed by atoms with E-state index in [4.69, 9.17) is 4.74 Å². The number of unbranched alkanes of at least 4 members (excludes halogenated alkanes) is 1. The molecule has 0 N–H and O–H groups in total. The van der Waals surface area contributed by atoms with Crippen molar-refractivity contribution in [3.8, 4) is 11.5 Å². The summed E-state index contributed by atoms with van der Waals surface area (Å²) in [4.78, 5) is 0. The van der Waals surface area contributed by atoms with Gasteiger partial charge >= 0.3 is 0 Å². The molecule has 17 heavy (non-hydrogen) atoms. The van der Waals surface area contributed by atoms with Gasteiger partial charge in [0, 0.05) is 0 Å². The Balaban J connectivity index is 1.98. The van der Waals surface area contributed by atoms with E-state index in [1.165, 1.54) is 18.4 Å². The van der Waals surface area contributed by atoms with Crippen molar-refractivity contribution < 1.29 is 4.74 Å². The minimum Gasteiger partial charge on any atom is -0.457 e. The minimum absolute atomic E-state index is 0.852. The van der Waals surface area contributed by atoms with Gasteiger partial charge in [-0.3, -0.25) is 0 Å². The summed E-state index contributed by atoms with van der Waals surface area (Å²) in [5, 5.41) is 0. The second-order valence-electron chi connectivity index (χ2n) is 4.09. The molecule has 2 aromatic rings. The lowest BCUT2D eigenvalue weighted by Gasteiger charge is -2.06. The summed E-state index contributed by atoms with van der Waals surface area (Å²) in [5.41, 5.74) is 1.38. The normalized spacial score (nSPS) is 10.2. The van der Waals surface area contributed by atoms with Gasteiger partial charge < -0.3 is 4.74 Å². The van der Waals surface area contributed by atoms with Crippen LogP contribution in [0.2, 0.25) is 0 Å². The lowest BCUT2D eigenvalue weighted by atomic mass is 10.1. The average Bonchev–Trinajstić information content (AvgIpc) is 2.39. The summed E-state index contributed by atoms with van der Waals surface area (Å²) in [6.45, 7) is 2.21. The van der Waals surface area contributed by atoms with Crippen LogP contribution in [0.3, 0.4) is 0 Å². The van der Waals surface area contributed by atoms with Gasteiger partial charge in [-0.15, -0.1) is 0 Å². The molecule has 0 aromatic heterocycles. The highest BCUT2D eigenvalue weighted by Gasteiger charge is 1.97. The predicted molar refractivity (Wildman–Crippen MR) is 70.4 cm³/mol. The third-order valence-corrected chi connectivity index (χ3v) is 2.67. The molecule has 0 atom stereocenters. The van der Waals surface area contributed by atoms with Crippen LogP contribution in [0, 0.1) is 6.07 Å². The van der Waals surface area contributed by atoms with Crippen LogP contribution in [0.4, 0.5) is 0 Å². The average molecular weight is 225 g/mol. The van der Waals surface area contributed by atoms with Gasteiger partial charge in [0.1, 0.15) is 11.5 Å². The van der Waals surface area contributed by atoms with Crippen molar-refractivity contribution >= 4 is 0 Å². The molecular formula is C16H17O. The molecule has 1 nitrogen and oxygen atoms in total. The van der Waals surface area contributed by atoms with E-state index in [0.717, 1.165) is 17.9 Å². The number of benzene rings is 2. The third kappa shape index (κ3) is 3.63. The van der Waals surface area contributed by atoms with E-state index in [9.17, 15) is 0 Å². The van der Waals surface area contributed by atoms with Crippen LogP contribution in [0.1, 0.15) is 25.3 Å². The molecule has 2 aromatic carbocycles. The molecule has 2 rings (SSSR count). The van der Waals surface area contributed by atoms with E-state index >= 15 is 0 Å². The Morgan fingerprint density at radius 3 is 2.24 bits per heavy atom. The highest BCUT2D eigenvalue weighted by atomic mass is 16.5. The van der Waals surface area contributed by atoms with Crippen LogP contribution in [-0.2, 0) is 6.42 Å². The molecule has 0 unspecified atom stereocenters. The van der Waals surface area contributed by atoms with Gasteiger partial charge in [-0.2, -0.15) is 0 Å². The van der Waals surface area contributed by atoms with Crippen LogP contribution in [0.15, 0.2) is 48.5 Å². The summed E-state index contributed by atoms with van der Waals surface area (Å²) in [6.07, 6.45) is 3.63. The lowest BCUT2D eigenvalue weighted by molar-refractivity contribution is 0.482. The summed E-state index contributed by atoms with van der Waals surface area (Å²) in [5.74, 6) is 1.74. The predicted octanol–water partition coefficient (Wildman–Crippen LogP) is 4.62. The molecular weight excluding hydrogens is 208 g/mol. The Bertz CT molecular complexity index is 431. The lowest BCUT2D eigenvalue weighted by Crippen LogP contribution is -1.86. The Kier molecular flexibility index (Phi) is 4.20. The molecule has 0 fully saturated rings. The first-order chi connectivity index (χ1) is 8.38. The zero-order valence-electron chi connectivity index (χ0n) is 10.1. The summed E-state index contributed by atoms with van der Waals surface area (Å²) in [7, 11) is 0. The first-order valence-corrected chi connectivity index (χ1v) is 6.11. The Hall–Kier alpha value is -1.76. The zero-order chi connectivity index (χ0) is 11.9. The van der Waals surface area contributed by atoms with Crippen LogP contribution in [0.5, 0.6) is 11.5 Å². The number of hydrogen-bond donors (Lipinski definition) is 0. The van der Waals surface area contributed by atoms with Crippen molar-refractivity contribution in [3.63, 3.8) is 0 Å². The van der Waals surface area contributed by atoms with E-state index in [1.54, 1.807) is 0 Å². The number of ether oxygens (including phenoxy) is 1. The van der Waals surface area contributed by atoms with Crippen LogP contribution < -0.4 is 4.74 Å². The first-order valence-electron chi connectivity index (χ1n) is 6.11. The van der Waals surface area contributed by atoms with Crippen molar-refractivity contribution in [2.24, 2.45) is 0 Å². The zero-order valence-corrected chi connectivity index (χ0v) is 10.1. The molecule has 0 saturated carbocycles. The third-order valence-electron chi connectivity index (χ3n) is 2.67. The van der Waals surface area contributed by atoms with E-state index < -0.39 is 0 Å². The second kappa shape index (κ2) is 6.09. The molecule has 0 aliphatic rings. The van der Waals surface area contributed by atoms with Crippen LogP contribution >= 0.6 is 0 Å². The van der Waals surface area contributed by atoms with Crippen molar-refractivity contribution in [1.29, 1.82) is 0 Å².